The summed E-state index contributed by atoms with van der Waals surface area (Å²) in [5.74, 6) is -0.278. The van der Waals surface area contributed by atoms with Crippen molar-refractivity contribution in [2.45, 2.75) is 6.92 Å². The first-order valence-electron chi connectivity index (χ1n) is 7.58. The van der Waals surface area contributed by atoms with Crippen molar-refractivity contribution in [3.05, 3.63) is 80.9 Å². The van der Waals surface area contributed by atoms with Gasteiger partial charge in [-0.1, -0.05) is 23.2 Å². The molecule has 1 heterocycles. The van der Waals surface area contributed by atoms with Crippen LogP contribution in [-0.2, 0) is 0 Å². The molecular formula is C18H14Cl2FN3O. The van der Waals surface area contributed by atoms with Crippen molar-refractivity contribution >= 4 is 34.6 Å². The van der Waals surface area contributed by atoms with E-state index in [9.17, 15) is 9.18 Å². The summed E-state index contributed by atoms with van der Waals surface area (Å²) in [4.78, 5) is 14.2. The zero-order chi connectivity index (χ0) is 18.0. The van der Waals surface area contributed by atoms with Crippen molar-refractivity contribution in [2.24, 2.45) is 0 Å². The minimum atomic E-state index is -0.479. The van der Waals surface area contributed by atoms with Crippen molar-refractivity contribution in [2.75, 3.05) is 11.4 Å². The fourth-order valence-electron chi connectivity index (χ4n) is 2.51. The van der Waals surface area contributed by atoms with Crippen LogP contribution in [0.4, 0.5) is 15.8 Å². The summed E-state index contributed by atoms with van der Waals surface area (Å²) in [7, 11) is 0. The van der Waals surface area contributed by atoms with Gasteiger partial charge in [0.05, 0.1) is 16.9 Å². The van der Waals surface area contributed by atoms with E-state index in [0.29, 0.717) is 12.2 Å². The number of benzene rings is 2. The van der Waals surface area contributed by atoms with Crippen LogP contribution in [0.25, 0.3) is 5.69 Å². The summed E-state index contributed by atoms with van der Waals surface area (Å²) in [5, 5.41) is 4.06. The highest BCUT2D eigenvalue weighted by Crippen LogP contribution is 2.26. The molecule has 3 rings (SSSR count). The van der Waals surface area contributed by atoms with Gasteiger partial charge in [0, 0.05) is 17.9 Å². The second-order valence-electron chi connectivity index (χ2n) is 5.26. The molecule has 0 spiro atoms. The average molecular weight is 378 g/mol. The Hall–Kier alpha value is -2.37. The normalized spacial score (nSPS) is 10.7. The molecule has 3 aromatic rings. The second kappa shape index (κ2) is 7.25. The maximum atomic E-state index is 13.1. The van der Waals surface area contributed by atoms with Crippen molar-refractivity contribution in [3.8, 4) is 5.69 Å². The Bertz CT molecular complexity index is 940. The maximum Gasteiger partial charge on any atom is 0.291 e. The Morgan fingerprint density at radius 3 is 2.16 bits per heavy atom. The molecule has 0 unspecified atom stereocenters. The van der Waals surface area contributed by atoms with Crippen LogP contribution in [0.5, 0.6) is 0 Å². The smallest absolute Gasteiger partial charge is 0.291 e. The molecular weight excluding hydrogens is 364 g/mol. The van der Waals surface area contributed by atoms with E-state index < -0.39 is 5.56 Å². The highest BCUT2D eigenvalue weighted by Gasteiger charge is 2.11. The summed E-state index contributed by atoms with van der Waals surface area (Å²) >= 11 is 11.7. The number of nitrogens with zero attached hydrogens (tertiary/aromatic N) is 3. The van der Waals surface area contributed by atoms with E-state index in [2.05, 4.69) is 5.10 Å². The minimum Gasteiger partial charge on any atom is -0.342 e. The molecule has 0 bridgehead atoms. The quantitative estimate of drug-likeness (QED) is 0.652. The second-order valence-corrected chi connectivity index (χ2v) is 6.05. The van der Waals surface area contributed by atoms with Crippen LogP contribution >= 0.6 is 23.2 Å². The topological polar surface area (TPSA) is 38.1 Å². The predicted octanol–water partition coefficient (Wildman–Crippen LogP) is 4.84. The molecule has 1 aromatic heterocycles. The monoisotopic (exact) mass is 377 g/mol. The van der Waals surface area contributed by atoms with Crippen molar-refractivity contribution in [1.29, 1.82) is 0 Å². The summed E-state index contributed by atoms with van der Waals surface area (Å²) in [6, 6.07) is 13.5. The molecule has 0 radical (unpaired) electrons. The largest absolute Gasteiger partial charge is 0.342 e. The average Bonchev–Trinajstić information content (AvgIpc) is 2.63. The Balaban J connectivity index is 1.95. The van der Waals surface area contributed by atoms with E-state index in [1.807, 2.05) is 24.0 Å². The van der Waals surface area contributed by atoms with Gasteiger partial charge < -0.3 is 4.90 Å². The van der Waals surface area contributed by atoms with E-state index in [1.54, 1.807) is 24.3 Å². The molecule has 4 nitrogen and oxygen atoms in total. The number of hydrogen-bond acceptors (Lipinski definition) is 3. The third-order valence-electron chi connectivity index (χ3n) is 3.74. The number of rotatable bonds is 4. The lowest BCUT2D eigenvalue weighted by molar-refractivity contribution is 0.628. The highest BCUT2D eigenvalue weighted by atomic mass is 35.5. The summed E-state index contributed by atoms with van der Waals surface area (Å²) in [6.45, 7) is 2.71. The van der Waals surface area contributed by atoms with Gasteiger partial charge in [0.1, 0.15) is 10.8 Å². The molecule has 0 aliphatic rings. The number of hydrogen-bond donors (Lipinski definition) is 0. The first-order valence-corrected chi connectivity index (χ1v) is 8.33. The Morgan fingerprint density at radius 1 is 1.04 bits per heavy atom. The molecule has 0 amide bonds. The van der Waals surface area contributed by atoms with Crippen LogP contribution in [0.1, 0.15) is 6.92 Å². The highest BCUT2D eigenvalue weighted by molar-refractivity contribution is 6.41. The van der Waals surface area contributed by atoms with E-state index in [-0.39, 0.29) is 15.9 Å². The third-order valence-corrected chi connectivity index (χ3v) is 4.49. The van der Waals surface area contributed by atoms with E-state index in [4.69, 9.17) is 23.2 Å². The molecule has 2 aromatic carbocycles. The van der Waals surface area contributed by atoms with Gasteiger partial charge in [-0.2, -0.15) is 9.78 Å². The zero-order valence-electron chi connectivity index (χ0n) is 13.3. The van der Waals surface area contributed by atoms with Crippen LogP contribution in [-0.4, -0.2) is 16.3 Å². The number of halogens is 3. The number of aromatic nitrogens is 2. The molecule has 7 heteroatoms. The van der Waals surface area contributed by atoms with Gasteiger partial charge in [0.2, 0.25) is 0 Å². The van der Waals surface area contributed by atoms with Crippen molar-refractivity contribution in [1.82, 2.24) is 9.78 Å². The van der Waals surface area contributed by atoms with Crippen LogP contribution in [0.2, 0.25) is 10.0 Å². The van der Waals surface area contributed by atoms with Crippen molar-refractivity contribution in [3.63, 3.8) is 0 Å². The summed E-state index contributed by atoms with van der Waals surface area (Å²) in [6.07, 6.45) is 1.33. The lowest BCUT2D eigenvalue weighted by Gasteiger charge is -2.23. The lowest BCUT2D eigenvalue weighted by atomic mass is 10.2. The number of anilines is 2. The molecule has 0 atom stereocenters. The van der Waals surface area contributed by atoms with Gasteiger partial charge in [-0.05, 0) is 55.5 Å². The van der Waals surface area contributed by atoms with Crippen LogP contribution < -0.4 is 10.5 Å². The summed E-state index contributed by atoms with van der Waals surface area (Å²) < 4.78 is 14.3. The SMILES string of the molecule is CCN(c1ccc(F)cc1)c1ccc(-n2ncc(Cl)c(Cl)c2=O)cc1. The van der Waals surface area contributed by atoms with Gasteiger partial charge in [-0.3, -0.25) is 4.79 Å². The standard InChI is InChI=1S/C18H14Cl2FN3O/c1-2-23(13-5-3-12(21)4-6-13)14-7-9-15(10-8-14)24-18(25)17(20)16(19)11-22-24/h3-11H,2H2,1H3. The molecule has 0 N–H and O–H groups in total. The molecule has 0 aliphatic carbocycles. The maximum absolute atomic E-state index is 13.1. The summed E-state index contributed by atoms with van der Waals surface area (Å²) in [5.41, 5.74) is 1.88. The van der Waals surface area contributed by atoms with Crippen LogP contribution in [0, 0.1) is 5.82 Å². The first-order chi connectivity index (χ1) is 12.0. The van der Waals surface area contributed by atoms with Gasteiger partial charge in [-0.15, -0.1) is 0 Å². The molecule has 0 saturated carbocycles. The molecule has 25 heavy (non-hydrogen) atoms. The third kappa shape index (κ3) is 3.52. The fourth-order valence-corrected chi connectivity index (χ4v) is 2.76. The Labute approximate surface area is 154 Å². The van der Waals surface area contributed by atoms with Crippen molar-refractivity contribution < 1.29 is 4.39 Å². The van der Waals surface area contributed by atoms with E-state index in [1.165, 1.54) is 23.0 Å². The van der Waals surface area contributed by atoms with E-state index >= 15 is 0 Å². The van der Waals surface area contributed by atoms with Crippen LogP contribution in [0.15, 0.2) is 59.5 Å². The Kier molecular flexibility index (Phi) is 5.06. The van der Waals surface area contributed by atoms with Gasteiger partial charge >= 0.3 is 0 Å². The lowest BCUT2D eigenvalue weighted by Crippen LogP contribution is -2.21. The molecule has 0 fully saturated rings. The Morgan fingerprint density at radius 2 is 1.60 bits per heavy atom. The molecule has 0 saturated heterocycles. The molecule has 128 valence electrons. The first kappa shape index (κ1) is 17.5. The van der Waals surface area contributed by atoms with Crippen LogP contribution in [0.3, 0.4) is 0 Å². The predicted molar refractivity (Wildman–Crippen MR) is 98.9 cm³/mol. The fraction of sp³-hybridized carbons (Fsp3) is 0.111. The van der Waals surface area contributed by atoms with Gasteiger partial charge in [-0.25, -0.2) is 4.39 Å². The van der Waals surface area contributed by atoms with E-state index in [0.717, 1.165) is 11.4 Å². The molecule has 0 aliphatic heterocycles. The minimum absolute atomic E-state index is 0.0674. The van der Waals surface area contributed by atoms with Gasteiger partial charge in [0.15, 0.2) is 0 Å². The van der Waals surface area contributed by atoms with Gasteiger partial charge in [0.25, 0.3) is 5.56 Å². The zero-order valence-corrected chi connectivity index (χ0v) is 14.8.